The van der Waals surface area contributed by atoms with E-state index in [2.05, 4.69) is 22.0 Å². The number of piperazine rings is 1. The second-order valence-corrected chi connectivity index (χ2v) is 7.82. The summed E-state index contributed by atoms with van der Waals surface area (Å²) >= 11 is 0. The van der Waals surface area contributed by atoms with E-state index < -0.39 is 0 Å². The molecular weight excluding hydrogens is 394 g/mol. The van der Waals surface area contributed by atoms with Crippen LogP contribution in [0.1, 0.15) is 29.8 Å². The molecule has 2 aromatic rings. The number of hydrogen-bond acceptors (Lipinski definition) is 6. The van der Waals surface area contributed by atoms with Crippen LogP contribution in [-0.2, 0) is 16.1 Å². The smallest absolute Gasteiger partial charge is 0.337 e. The molecule has 7 heteroatoms. The van der Waals surface area contributed by atoms with Crippen LogP contribution in [0.25, 0.3) is 0 Å². The lowest BCUT2D eigenvalue weighted by Crippen LogP contribution is -2.58. The molecule has 1 aliphatic rings. The molecule has 0 saturated carbocycles. The number of ether oxygens (including phenoxy) is 2. The number of rotatable bonds is 7. The molecule has 0 radical (unpaired) electrons. The van der Waals surface area contributed by atoms with Gasteiger partial charge in [0.2, 0.25) is 5.91 Å². The second kappa shape index (κ2) is 10.3. The van der Waals surface area contributed by atoms with E-state index in [-0.39, 0.29) is 24.0 Å². The normalized spacial score (nSPS) is 17.7. The van der Waals surface area contributed by atoms with Crippen LogP contribution in [0.15, 0.2) is 48.5 Å². The largest absolute Gasteiger partial charge is 0.497 e. The highest BCUT2D eigenvalue weighted by molar-refractivity contribution is 5.89. The number of methoxy groups -OCH3 is 2. The van der Waals surface area contributed by atoms with E-state index in [1.807, 2.05) is 43.3 Å². The van der Waals surface area contributed by atoms with Crippen molar-refractivity contribution in [1.82, 2.24) is 10.2 Å². The molecule has 0 bridgehead atoms. The van der Waals surface area contributed by atoms with E-state index in [4.69, 9.17) is 9.47 Å². The number of hydrogen-bond donors (Lipinski definition) is 1. The molecule has 1 N–H and O–H groups in total. The summed E-state index contributed by atoms with van der Waals surface area (Å²) in [4.78, 5) is 28.9. The Bertz CT molecular complexity index is 900. The Kier molecular flexibility index (Phi) is 7.52. The standard InChI is InChI=1S/C24H31N3O4/c1-17-16-26(21-10-8-20(9-11-21)24(29)31-4)12-13-27(17)18(2)23(28)25-15-19-6-5-7-22(14-19)30-3/h5-11,14,17-18H,12-13,15-16H2,1-4H3,(H,25,28). The first-order valence-electron chi connectivity index (χ1n) is 10.5. The fourth-order valence-electron chi connectivity index (χ4n) is 3.98. The number of carbonyl (C=O) groups is 2. The van der Waals surface area contributed by atoms with Gasteiger partial charge >= 0.3 is 5.97 Å². The third-order valence-corrected chi connectivity index (χ3v) is 5.81. The van der Waals surface area contributed by atoms with Gasteiger partial charge in [-0.3, -0.25) is 9.69 Å². The third kappa shape index (κ3) is 5.55. The number of nitrogens with zero attached hydrogens (tertiary/aromatic N) is 2. The maximum Gasteiger partial charge on any atom is 0.337 e. The van der Waals surface area contributed by atoms with E-state index in [0.717, 1.165) is 36.6 Å². The van der Waals surface area contributed by atoms with Crippen molar-refractivity contribution in [3.8, 4) is 5.75 Å². The summed E-state index contributed by atoms with van der Waals surface area (Å²) in [5.74, 6) is 0.466. The van der Waals surface area contributed by atoms with Gasteiger partial charge < -0.3 is 19.7 Å². The minimum absolute atomic E-state index is 0.0190. The van der Waals surface area contributed by atoms with Crippen molar-refractivity contribution in [1.29, 1.82) is 0 Å². The molecule has 166 valence electrons. The Hall–Kier alpha value is -3.06. The van der Waals surface area contributed by atoms with Crippen molar-refractivity contribution in [3.63, 3.8) is 0 Å². The molecule has 1 fully saturated rings. The van der Waals surface area contributed by atoms with Crippen molar-refractivity contribution < 1.29 is 19.1 Å². The molecule has 1 heterocycles. The number of esters is 1. The van der Waals surface area contributed by atoms with E-state index in [9.17, 15) is 9.59 Å². The lowest BCUT2D eigenvalue weighted by atomic mass is 10.1. The first-order valence-corrected chi connectivity index (χ1v) is 10.5. The molecule has 1 saturated heterocycles. The van der Waals surface area contributed by atoms with Gasteiger partial charge in [-0.05, 0) is 55.8 Å². The fraction of sp³-hybridized carbons (Fsp3) is 0.417. The van der Waals surface area contributed by atoms with Gasteiger partial charge in [0.25, 0.3) is 0 Å². The zero-order valence-corrected chi connectivity index (χ0v) is 18.6. The SMILES string of the molecule is COC(=O)c1ccc(N2CCN(C(C)C(=O)NCc3cccc(OC)c3)C(C)C2)cc1. The van der Waals surface area contributed by atoms with Crippen LogP contribution in [0.4, 0.5) is 5.69 Å². The maximum absolute atomic E-state index is 12.8. The molecular formula is C24H31N3O4. The maximum atomic E-state index is 12.8. The predicted molar refractivity (Wildman–Crippen MR) is 120 cm³/mol. The molecule has 0 aromatic heterocycles. The zero-order chi connectivity index (χ0) is 22.4. The predicted octanol–water partition coefficient (Wildman–Crippen LogP) is 2.70. The number of carbonyl (C=O) groups excluding carboxylic acids is 2. The lowest BCUT2D eigenvalue weighted by Gasteiger charge is -2.43. The van der Waals surface area contributed by atoms with E-state index in [1.165, 1.54) is 7.11 Å². The first-order chi connectivity index (χ1) is 14.9. The Balaban J connectivity index is 1.54. The minimum Gasteiger partial charge on any atom is -0.497 e. The van der Waals surface area contributed by atoms with E-state index in [0.29, 0.717) is 12.1 Å². The van der Waals surface area contributed by atoms with Crippen molar-refractivity contribution >= 4 is 17.6 Å². The number of amides is 1. The molecule has 2 unspecified atom stereocenters. The Morgan fingerprint density at radius 3 is 2.52 bits per heavy atom. The van der Waals surface area contributed by atoms with Crippen LogP contribution < -0.4 is 15.0 Å². The van der Waals surface area contributed by atoms with Crippen LogP contribution in [-0.4, -0.2) is 62.7 Å². The average molecular weight is 426 g/mol. The van der Waals surface area contributed by atoms with Crippen molar-refractivity contribution in [2.24, 2.45) is 0 Å². The molecule has 0 spiro atoms. The van der Waals surface area contributed by atoms with Crippen LogP contribution in [0.3, 0.4) is 0 Å². The summed E-state index contributed by atoms with van der Waals surface area (Å²) < 4.78 is 10.00. The average Bonchev–Trinajstić information content (AvgIpc) is 2.81. The molecule has 0 aliphatic carbocycles. The molecule has 1 amide bonds. The van der Waals surface area contributed by atoms with Crippen LogP contribution in [0.5, 0.6) is 5.75 Å². The van der Waals surface area contributed by atoms with Gasteiger partial charge in [0.15, 0.2) is 0 Å². The summed E-state index contributed by atoms with van der Waals surface area (Å²) in [5, 5.41) is 3.04. The van der Waals surface area contributed by atoms with Crippen molar-refractivity contribution in [3.05, 3.63) is 59.7 Å². The zero-order valence-electron chi connectivity index (χ0n) is 18.6. The highest BCUT2D eigenvalue weighted by Crippen LogP contribution is 2.21. The third-order valence-electron chi connectivity index (χ3n) is 5.81. The monoisotopic (exact) mass is 425 g/mol. The van der Waals surface area contributed by atoms with Gasteiger partial charge in [-0.2, -0.15) is 0 Å². The van der Waals surface area contributed by atoms with Gasteiger partial charge in [0.1, 0.15) is 5.75 Å². The number of nitrogens with one attached hydrogen (secondary N) is 1. The number of benzene rings is 2. The molecule has 3 rings (SSSR count). The Labute approximate surface area is 183 Å². The fourth-order valence-corrected chi connectivity index (χ4v) is 3.98. The van der Waals surface area contributed by atoms with E-state index >= 15 is 0 Å². The van der Waals surface area contributed by atoms with Gasteiger partial charge in [-0.1, -0.05) is 12.1 Å². The molecule has 2 atom stereocenters. The van der Waals surface area contributed by atoms with Crippen LogP contribution in [0.2, 0.25) is 0 Å². The summed E-state index contributed by atoms with van der Waals surface area (Å²) in [6, 6.07) is 15.2. The van der Waals surface area contributed by atoms with Gasteiger partial charge in [-0.25, -0.2) is 4.79 Å². The summed E-state index contributed by atoms with van der Waals surface area (Å²) in [5.41, 5.74) is 2.61. The van der Waals surface area contributed by atoms with Gasteiger partial charge in [0, 0.05) is 37.9 Å². The molecule has 1 aliphatic heterocycles. The highest BCUT2D eigenvalue weighted by Gasteiger charge is 2.30. The summed E-state index contributed by atoms with van der Waals surface area (Å²) in [6.07, 6.45) is 0. The minimum atomic E-state index is -0.335. The molecule has 7 nitrogen and oxygen atoms in total. The topological polar surface area (TPSA) is 71.1 Å². The number of anilines is 1. The quantitative estimate of drug-likeness (QED) is 0.688. The van der Waals surface area contributed by atoms with Gasteiger partial charge in [0.05, 0.1) is 25.8 Å². The molecule has 2 aromatic carbocycles. The Morgan fingerprint density at radius 2 is 1.87 bits per heavy atom. The lowest BCUT2D eigenvalue weighted by molar-refractivity contribution is -0.127. The van der Waals surface area contributed by atoms with E-state index in [1.54, 1.807) is 19.2 Å². The second-order valence-electron chi connectivity index (χ2n) is 7.82. The summed E-state index contributed by atoms with van der Waals surface area (Å²) in [7, 11) is 3.01. The Morgan fingerprint density at radius 1 is 1.13 bits per heavy atom. The van der Waals surface area contributed by atoms with Crippen LogP contribution in [0, 0.1) is 0 Å². The van der Waals surface area contributed by atoms with Crippen molar-refractivity contribution in [2.45, 2.75) is 32.5 Å². The highest BCUT2D eigenvalue weighted by atomic mass is 16.5. The van der Waals surface area contributed by atoms with Gasteiger partial charge in [-0.15, -0.1) is 0 Å². The summed E-state index contributed by atoms with van der Waals surface area (Å²) in [6.45, 7) is 6.98. The van der Waals surface area contributed by atoms with Crippen LogP contribution >= 0.6 is 0 Å². The van der Waals surface area contributed by atoms with Crippen molar-refractivity contribution in [2.75, 3.05) is 38.8 Å². The molecule has 31 heavy (non-hydrogen) atoms. The first kappa shape index (κ1) is 22.6.